The zero-order chi connectivity index (χ0) is 20.3. The van der Waals surface area contributed by atoms with Crippen LogP contribution in [0.25, 0.3) is 0 Å². The number of ether oxygens (including phenoxy) is 1. The molecule has 1 N–H and O–H groups in total. The Hall–Kier alpha value is -2.04. The number of fused-ring (bicyclic) bond motifs is 1. The van der Waals surface area contributed by atoms with Crippen LogP contribution in [0.2, 0.25) is 0 Å². The Kier molecular flexibility index (Phi) is 7.43. The van der Waals surface area contributed by atoms with Crippen LogP contribution in [0.3, 0.4) is 0 Å². The van der Waals surface area contributed by atoms with Crippen LogP contribution in [0.1, 0.15) is 50.2 Å². The van der Waals surface area contributed by atoms with Gasteiger partial charge in [-0.3, -0.25) is 4.79 Å². The van der Waals surface area contributed by atoms with Gasteiger partial charge in [-0.1, -0.05) is 42.3 Å². The number of benzene rings is 2. The second kappa shape index (κ2) is 9.84. The zero-order valence-corrected chi connectivity index (χ0v) is 18.8. The Morgan fingerprint density at radius 2 is 1.77 bits per heavy atom. The van der Waals surface area contributed by atoms with Crippen molar-refractivity contribution >= 4 is 24.0 Å². The average Bonchev–Trinajstić information content (AvgIpc) is 2.99. The minimum absolute atomic E-state index is 0. The molecule has 162 valence electrons. The molecule has 2 heterocycles. The molecule has 0 aromatic heterocycles. The number of hydrogen-bond donors (Lipinski definition) is 1. The topological polar surface area (TPSA) is 41.6 Å². The molecule has 0 aliphatic carbocycles. The number of para-hydroxylation sites is 1. The Labute approximate surface area is 186 Å². The maximum atomic E-state index is 12.5. The monoisotopic (exact) mass is 428 g/mol. The Morgan fingerprint density at radius 3 is 2.50 bits per heavy atom. The molecule has 2 aliphatic heterocycles. The highest BCUT2D eigenvalue weighted by molar-refractivity contribution is 6.05. The molecule has 2 aromatic carbocycles. The SMILES string of the molecule is Cc1ccc(OC2CCN(CCCCC3(C)C(=O)Nc4ccccc43)CC2)cc1.Cl. The molecule has 4 rings (SSSR count). The van der Waals surface area contributed by atoms with E-state index >= 15 is 0 Å². The van der Waals surface area contributed by atoms with Gasteiger partial charge in [0, 0.05) is 18.8 Å². The van der Waals surface area contributed by atoms with Crippen molar-refractivity contribution in [2.45, 2.75) is 57.5 Å². The highest BCUT2D eigenvalue weighted by Crippen LogP contribution is 2.40. The number of anilines is 1. The van der Waals surface area contributed by atoms with E-state index in [1.807, 2.05) is 18.2 Å². The number of carbonyl (C=O) groups is 1. The van der Waals surface area contributed by atoms with E-state index in [9.17, 15) is 4.79 Å². The highest BCUT2D eigenvalue weighted by atomic mass is 35.5. The summed E-state index contributed by atoms with van der Waals surface area (Å²) >= 11 is 0. The fourth-order valence-corrected chi connectivity index (χ4v) is 4.58. The van der Waals surface area contributed by atoms with Crippen LogP contribution < -0.4 is 10.1 Å². The maximum Gasteiger partial charge on any atom is 0.234 e. The van der Waals surface area contributed by atoms with E-state index in [4.69, 9.17) is 4.74 Å². The first-order valence-corrected chi connectivity index (χ1v) is 10.9. The number of halogens is 1. The van der Waals surface area contributed by atoms with E-state index in [1.165, 1.54) is 5.56 Å². The van der Waals surface area contributed by atoms with Crippen molar-refractivity contribution in [2.24, 2.45) is 0 Å². The number of nitrogens with zero attached hydrogens (tertiary/aromatic N) is 1. The molecule has 30 heavy (non-hydrogen) atoms. The van der Waals surface area contributed by atoms with Crippen LogP contribution in [0.4, 0.5) is 5.69 Å². The van der Waals surface area contributed by atoms with Crippen molar-refractivity contribution in [3.05, 3.63) is 59.7 Å². The van der Waals surface area contributed by atoms with Crippen LogP contribution in [-0.4, -0.2) is 36.5 Å². The number of amides is 1. The molecule has 1 unspecified atom stereocenters. The average molecular weight is 429 g/mol. The van der Waals surface area contributed by atoms with Gasteiger partial charge < -0.3 is 15.0 Å². The summed E-state index contributed by atoms with van der Waals surface area (Å²) in [5.74, 6) is 1.13. The lowest BCUT2D eigenvalue weighted by Gasteiger charge is -2.32. The third kappa shape index (κ3) is 4.98. The van der Waals surface area contributed by atoms with E-state index in [-0.39, 0.29) is 23.7 Å². The largest absolute Gasteiger partial charge is 0.490 e. The van der Waals surface area contributed by atoms with Crippen LogP contribution >= 0.6 is 12.4 Å². The van der Waals surface area contributed by atoms with E-state index in [0.717, 1.165) is 68.7 Å². The quantitative estimate of drug-likeness (QED) is 0.605. The molecule has 0 saturated carbocycles. The van der Waals surface area contributed by atoms with Crippen molar-refractivity contribution in [1.29, 1.82) is 0 Å². The lowest BCUT2D eigenvalue weighted by atomic mass is 9.79. The first-order valence-electron chi connectivity index (χ1n) is 10.9. The number of likely N-dealkylation sites (tertiary alicyclic amines) is 1. The van der Waals surface area contributed by atoms with Gasteiger partial charge >= 0.3 is 0 Å². The van der Waals surface area contributed by atoms with Gasteiger partial charge in [0.1, 0.15) is 11.9 Å². The maximum absolute atomic E-state index is 12.5. The molecule has 1 saturated heterocycles. The third-order valence-corrected chi connectivity index (χ3v) is 6.53. The van der Waals surface area contributed by atoms with Gasteiger partial charge in [0.25, 0.3) is 0 Å². The summed E-state index contributed by atoms with van der Waals surface area (Å²) in [4.78, 5) is 15.1. The molecule has 5 heteroatoms. The second-order valence-electron chi connectivity index (χ2n) is 8.76. The minimum Gasteiger partial charge on any atom is -0.490 e. The predicted octanol–water partition coefficient (Wildman–Crippen LogP) is 5.34. The molecule has 0 bridgehead atoms. The summed E-state index contributed by atoms with van der Waals surface area (Å²) in [7, 11) is 0. The fraction of sp³-hybridized carbons (Fsp3) is 0.480. The van der Waals surface area contributed by atoms with Gasteiger partial charge in [0.2, 0.25) is 5.91 Å². The second-order valence-corrected chi connectivity index (χ2v) is 8.76. The van der Waals surface area contributed by atoms with Gasteiger partial charge in [-0.15, -0.1) is 12.4 Å². The van der Waals surface area contributed by atoms with Crippen molar-refractivity contribution in [3.8, 4) is 5.75 Å². The summed E-state index contributed by atoms with van der Waals surface area (Å²) < 4.78 is 6.14. The smallest absolute Gasteiger partial charge is 0.234 e. The molecule has 4 nitrogen and oxygen atoms in total. The Bertz CT molecular complexity index is 846. The Balaban J connectivity index is 0.00000256. The third-order valence-electron chi connectivity index (χ3n) is 6.53. The van der Waals surface area contributed by atoms with Crippen molar-refractivity contribution in [3.63, 3.8) is 0 Å². The molecule has 0 spiro atoms. The summed E-state index contributed by atoms with van der Waals surface area (Å²) in [6.07, 6.45) is 5.60. The molecular weight excluding hydrogens is 396 g/mol. The molecule has 1 atom stereocenters. The summed E-state index contributed by atoms with van der Waals surface area (Å²) in [5, 5.41) is 3.04. The number of piperidine rings is 1. The van der Waals surface area contributed by atoms with E-state index in [1.54, 1.807) is 0 Å². The van der Waals surface area contributed by atoms with Crippen LogP contribution in [0.15, 0.2) is 48.5 Å². The molecule has 0 radical (unpaired) electrons. The number of hydrogen-bond acceptors (Lipinski definition) is 3. The summed E-state index contributed by atoms with van der Waals surface area (Å²) in [6, 6.07) is 16.5. The highest BCUT2D eigenvalue weighted by Gasteiger charge is 2.41. The predicted molar refractivity (Wildman–Crippen MR) is 125 cm³/mol. The zero-order valence-electron chi connectivity index (χ0n) is 18.0. The number of nitrogens with one attached hydrogen (secondary N) is 1. The van der Waals surface area contributed by atoms with Crippen LogP contribution in [-0.2, 0) is 10.2 Å². The minimum atomic E-state index is -0.383. The fourth-order valence-electron chi connectivity index (χ4n) is 4.58. The van der Waals surface area contributed by atoms with Gasteiger partial charge in [0.15, 0.2) is 0 Å². The normalized spacial score (nSPS) is 21.6. The van der Waals surface area contributed by atoms with E-state index in [0.29, 0.717) is 6.10 Å². The molecule has 2 aliphatic rings. The number of carbonyl (C=O) groups excluding carboxylic acids is 1. The summed E-state index contributed by atoms with van der Waals surface area (Å²) in [6.45, 7) is 7.48. The summed E-state index contributed by atoms with van der Waals surface area (Å²) in [5.41, 5.74) is 3.01. The molecule has 1 fully saturated rings. The van der Waals surface area contributed by atoms with E-state index < -0.39 is 0 Å². The van der Waals surface area contributed by atoms with Gasteiger partial charge in [-0.25, -0.2) is 0 Å². The standard InChI is InChI=1S/C25H32N2O2.ClH/c1-19-9-11-20(12-10-19)29-21-13-17-27(18-14-21)16-6-5-15-25(2)22-7-3-4-8-23(22)26-24(25)28;/h3-4,7-12,21H,5-6,13-18H2,1-2H3,(H,26,28);1H. The lowest BCUT2D eigenvalue weighted by molar-refractivity contribution is -0.120. The lowest BCUT2D eigenvalue weighted by Crippen LogP contribution is -2.38. The molecule has 2 aromatic rings. The van der Waals surface area contributed by atoms with Crippen LogP contribution in [0, 0.1) is 6.92 Å². The van der Waals surface area contributed by atoms with Crippen molar-refractivity contribution < 1.29 is 9.53 Å². The van der Waals surface area contributed by atoms with Crippen molar-refractivity contribution in [2.75, 3.05) is 25.0 Å². The van der Waals surface area contributed by atoms with E-state index in [2.05, 4.69) is 54.4 Å². The first kappa shape index (κ1) is 22.6. The first-order chi connectivity index (χ1) is 14.0. The van der Waals surface area contributed by atoms with Gasteiger partial charge in [-0.05, 0) is 69.8 Å². The molecule has 1 amide bonds. The number of rotatable bonds is 7. The van der Waals surface area contributed by atoms with Crippen LogP contribution in [0.5, 0.6) is 5.75 Å². The number of unbranched alkanes of at least 4 members (excludes halogenated alkanes) is 1. The van der Waals surface area contributed by atoms with Gasteiger partial charge in [-0.2, -0.15) is 0 Å². The van der Waals surface area contributed by atoms with Crippen molar-refractivity contribution in [1.82, 2.24) is 4.90 Å². The Morgan fingerprint density at radius 1 is 1.07 bits per heavy atom. The van der Waals surface area contributed by atoms with Gasteiger partial charge in [0.05, 0.1) is 5.41 Å². The number of aryl methyl sites for hydroxylation is 1. The molecular formula is C25H33ClN2O2.